The first kappa shape index (κ1) is 35.4. The van der Waals surface area contributed by atoms with E-state index in [0.29, 0.717) is 0 Å². The summed E-state index contributed by atoms with van der Waals surface area (Å²) < 4.78 is 6.31. The highest BCUT2D eigenvalue weighted by molar-refractivity contribution is 6.12. The predicted octanol–water partition coefficient (Wildman–Crippen LogP) is 15.8. The first-order valence-corrected chi connectivity index (χ1v) is 22.3. The average molecular weight is 814 g/mol. The second kappa shape index (κ2) is 13.2. The van der Waals surface area contributed by atoms with Gasteiger partial charge in [0.15, 0.2) is 0 Å². The normalized spacial score (nSPS) is 14.2. The van der Waals surface area contributed by atoms with Gasteiger partial charge < -0.3 is 9.32 Å². The molecule has 64 heavy (non-hydrogen) atoms. The second-order valence-corrected chi connectivity index (χ2v) is 17.5. The Morgan fingerprint density at radius 1 is 0.281 bits per heavy atom. The molecule has 11 aromatic rings. The Bertz CT molecular complexity index is 3600. The zero-order valence-electron chi connectivity index (χ0n) is 34.9. The third-order valence-corrected chi connectivity index (χ3v) is 14.6. The van der Waals surface area contributed by atoms with Gasteiger partial charge in [-0.15, -0.1) is 0 Å². The fraction of sp³-hybridized carbons (Fsp3) is 0.0323. The van der Waals surface area contributed by atoms with Crippen molar-refractivity contribution in [2.75, 3.05) is 4.90 Å². The van der Waals surface area contributed by atoms with E-state index in [4.69, 9.17) is 4.42 Å². The molecule has 0 saturated heterocycles. The van der Waals surface area contributed by atoms with Crippen LogP contribution in [0.25, 0.3) is 55.3 Å². The molecule has 3 aliphatic carbocycles. The maximum absolute atomic E-state index is 6.31. The Morgan fingerprint density at radius 2 is 0.703 bits per heavy atom. The quantitative estimate of drug-likeness (QED) is 0.176. The summed E-state index contributed by atoms with van der Waals surface area (Å²) in [5.41, 5.74) is 22.1. The van der Waals surface area contributed by atoms with E-state index in [-0.39, 0.29) is 0 Å². The number of hydrogen-bond donors (Lipinski definition) is 0. The molecule has 0 atom stereocenters. The molecule has 0 N–H and O–H groups in total. The molecule has 0 radical (unpaired) electrons. The summed E-state index contributed by atoms with van der Waals surface area (Å²) in [7, 11) is 0. The number of rotatable bonds is 4. The minimum atomic E-state index is -0.578. The van der Waals surface area contributed by atoms with Crippen LogP contribution in [0.15, 0.2) is 241 Å². The van der Waals surface area contributed by atoms with Crippen LogP contribution in [0.4, 0.5) is 17.1 Å². The van der Waals surface area contributed by atoms with E-state index in [1.54, 1.807) is 0 Å². The van der Waals surface area contributed by atoms with E-state index < -0.39 is 10.8 Å². The van der Waals surface area contributed by atoms with Crippen LogP contribution in [0.3, 0.4) is 0 Å². The minimum Gasteiger partial charge on any atom is -0.456 e. The molecule has 2 nitrogen and oxygen atoms in total. The highest BCUT2D eigenvalue weighted by Crippen LogP contribution is 2.67. The number of hydrogen-bond acceptors (Lipinski definition) is 2. The molecule has 1 aromatic heterocycles. The molecular formula is C62H39NO. The van der Waals surface area contributed by atoms with Gasteiger partial charge in [-0.1, -0.05) is 188 Å². The van der Waals surface area contributed by atoms with Crippen LogP contribution in [0.5, 0.6) is 0 Å². The Kier molecular flexibility index (Phi) is 7.28. The average Bonchev–Trinajstić information content (AvgIpc) is 4.00. The van der Waals surface area contributed by atoms with Gasteiger partial charge >= 0.3 is 0 Å². The number of fused-ring (bicyclic) bond motifs is 19. The summed E-state index contributed by atoms with van der Waals surface area (Å²) in [6, 6.07) is 87.9. The van der Waals surface area contributed by atoms with Gasteiger partial charge in [-0.05, 0) is 126 Å². The Morgan fingerprint density at radius 3 is 1.30 bits per heavy atom. The lowest BCUT2D eigenvalue weighted by atomic mass is 9.52. The standard InChI is InChI=1S/C62H39NO/c1-2-17-41(18-3-1)63(42-35-33-40(34-36-42)44-24-16-32-59-60(44)49-23-8-15-31-58(49)64-59)43-37-38-56-57(39-43)62(52-27-11-6-21-47(52)48-22-7-12-28-53(48)62)55-30-14-13-29-54(55)61(56)50-25-9-4-19-45(50)46-20-5-10-26-51(46)61/h1-39H. The monoisotopic (exact) mass is 813 g/mol. The van der Waals surface area contributed by atoms with Crippen LogP contribution in [0, 0.1) is 0 Å². The summed E-state index contributed by atoms with van der Waals surface area (Å²) in [5, 5.41) is 2.28. The Labute approximate surface area is 372 Å². The van der Waals surface area contributed by atoms with Crippen molar-refractivity contribution in [2.24, 2.45) is 0 Å². The molecule has 2 spiro atoms. The highest BCUT2D eigenvalue weighted by Gasteiger charge is 2.59. The van der Waals surface area contributed by atoms with Gasteiger partial charge in [0.05, 0.1) is 10.8 Å². The van der Waals surface area contributed by atoms with Crippen molar-refractivity contribution in [1.29, 1.82) is 0 Å². The maximum atomic E-state index is 6.31. The van der Waals surface area contributed by atoms with Crippen LogP contribution < -0.4 is 4.90 Å². The smallest absolute Gasteiger partial charge is 0.136 e. The minimum absolute atomic E-state index is 0.535. The van der Waals surface area contributed by atoms with Crippen molar-refractivity contribution in [3.05, 3.63) is 281 Å². The van der Waals surface area contributed by atoms with Crippen molar-refractivity contribution in [3.63, 3.8) is 0 Å². The fourth-order valence-electron chi connectivity index (χ4n) is 12.2. The molecule has 2 heteroatoms. The SMILES string of the molecule is c1ccc(N(c2ccc(-c3cccc4oc5ccccc5c34)cc2)c2ccc3c(c2)C2(c4ccccc4-c4ccccc42)c2ccccc2C32c3ccccc3-c3ccccc32)cc1. The van der Waals surface area contributed by atoms with Gasteiger partial charge in [0.25, 0.3) is 0 Å². The molecular weight excluding hydrogens is 775 g/mol. The van der Waals surface area contributed by atoms with Crippen LogP contribution in [-0.4, -0.2) is 0 Å². The predicted molar refractivity (Wildman–Crippen MR) is 262 cm³/mol. The largest absolute Gasteiger partial charge is 0.456 e. The molecule has 0 unspecified atom stereocenters. The van der Waals surface area contributed by atoms with E-state index in [0.717, 1.165) is 50.1 Å². The van der Waals surface area contributed by atoms with E-state index >= 15 is 0 Å². The van der Waals surface area contributed by atoms with Crippen molar-refractivity contribution < 1.29 is 4.42 Å². The van der Waals surface area contributed by atoms with Gasteiger partial charge in [0.1, 0.15) is 11.2 Å². The van der Waals surface area contributed by atoms with Gasteiger partial charge in [0, 0.05) is 27.8 Å². The first-order chi connectivity index (χ1) is 31.8. The third-order valence-electron chi connectivity index (χ3n) is 14.6. The molecule has 10 aromatic carbocycles. The molecule has 0 saturated carbocycles. The molecule has 0 amide bonds. The molecule has 0 aliphatic heterocycles. The highest BCUT2D eigenvalue weighted by atomic mass is 16.3. The molecule has 298 valence electrons. The van der Waals surface area contributed by atoms with Crippen molar-refractivity contribution >= 4 is 39.0 Å². The molecule has 1 heterocycles. The number of anilines is 3. The van der Waals surface area contributed by atoms with E-state index in [9.17, 15) is 0 Å². The summed E-state index contributed by atoms with van der Waals surface area (Å²) >= 11 is 0. The molecule has 0 bridgehead atoms. The van der Waals surface area contributed by atoms with E-state index in [1.165, 1.54) is 66.8 Å². The van der Waals surface area contributed by atoms with Gasteiger partial charge in [0.2, 0.25) is 0 Å². The van der Waals surface area contributed by atoms with Crippen molar-refractivity contribution in [1.82, 2.24) is 0 Å². The lowest BCUT2D eigenvalue weighted by molar-refractivity contribution is 0.633. The van der Waals surface area contributed by atoms with Crippen LogP contribution >= 0.6 is 0 Å². The molecule has 0 fully saturated rings. The number of nitrogens with zero attached hydrogens (tertiary/aromatic N) is 1. The fourth-order valence-corrected chi connectivity index (χ4v) is 12.2. The lowest BCUT2D eigenvalue weighted by Crippen LogP contribution is -2.43. The summed E-state index contributed by atoms with van der Waals surface area (Å²) in [5.74, 6) is 0. The van der Waals surface area contributed by atoms with Crippen LogP contribution in [-0.2, 0) is 10.8 Å². The van der Waals surface area contributed by atoms with Crippen LogP contribution in [0.2, 0.25) is 0 Å². The maximum Gasteiger partial charge on any atom is 0.136 e. The number of benzene rings is 10. The number of furan rings is 1. The van der Waals surface area contributed by atoms with Crippen molar-refractivity contribution in [2.45, 2.75) is 10.8 Å². The van der Waals surface area contributed by atoms with Crippen LogP contribution in [0.1, 0.15) is 44.5 Å². The summed E-state index contributed by atoms with van der Waals surface area (Å²) in [6.07, 6.45) is 0. The van der Waals surface area contributed by atoms with E-state index in [1.807, 2.05) is 6.07 Å². The zero-order chi connectivity index (χ0) is 42.0. The lowest BCUT2D eigenvalue weighted by Gasteiger charge is -2.49. The first-order valence-electron chi connectivity index (χ1n) is 22.3. The zero-order valence-corrected chi connectivity index (χ0v) is 34.9. The van der Waals surface area contributed by atoms with E-state index in [2.05, 4.69) is 235 Å². The van der Waals surface area contributed by atoms with Gasteiger partial charge in [-0.3, -0.25) is 0 Å². The number of para-hydroxylation sites is 2. The van der Waals surface area contributed by atoms with Gasteiger partial charge in [-0.2, -0.15) is 0 Å². The molecule has 14 rings (SSSR count). The summed E-state index contributed by atoms with van der Waals surface area (Å²) in [4.78, 5) is 2.43. The second-order valence-electron chi connectivity index (χ2n) is 17.5. The third kappa shape index (κ3) is 4.49. The Hall–Kier alpha value is -8.20. The van der Waals surface area contributed by atoms with Gasteiger partial charge in [-0.25, -0.2) is 0 Å². The molecule has 3 aliphatic rings. The topological polar surface area (TPSA) is 16.4 Å². The van der Waals surface area contributed by atoms with Crippen molar-refractivity contribution in [3.8, 4) is 33.4 Å². The summed E-state index contributed by atoms with van der Waals surface area (Å²) in [6.45, 7) is 0. The Balaban J connectivity index is 1.05.